The Kier molecular flexibility index (Phi) is 9.18. The molecule has 1 aliphatic carbocycles. The van der Waals surface area contributed by atoms with E-state index in [0.717, 1.165) is 36.1 Å². The molecule has 2 amide bonds. The highest BCUT2D eigenvalue weighted by molar-refractivity contribution is 7.11. The van der Waals surface area contributed by atoms with Crippen molar-refractivity contribution in [3.05, 3.63) is 45.6 Å². The molecule has 6 nitrogen and oxygen atoms in total. The molecule has 1 aromatic heterocycles. The first-order valence-corrected chi connectivity index (χ1v) is 12.6. The fourth-order valence-corrected chi connectivity index (χ4v) is 4.97. The van der Waals surface area contributed by atoms with Gasteiger partial charge in [0, 0.05) is 28.8 Å². The van der Waals surface area contributed by atoms with Gasteiger partial charge in [0.15, 0.2) is 11.5 Å². The Morgan fingerprint density at radius 2 is 1.79 bits per heavy atom. The standard InChI is InChI=1S/C26H36N2O4S/c1-5-14-28(26(30)21-7-6-8-21)18-25(29)27(17-22-11-9-19(2)33-22)15-13-20-10-12-23(31-3)24(16-20)32-4/h9-12,16,21H,5-8,13-15,17-18H2,1-4H3. The molecule has 1 aromatic carbocycles. The van der Waals surface area contributed by atoms with Gasteiger partial charge in [0.05, 0.1) is 27.3 Å². The lowest BCUT2D eigenvalue weighted by Gasteiger charge is -2.33. The number of thiophene rings is 1. The minimum atomic E-state index is 0.00246. The van der Waals surface area contributed by atoms with E-state index in [1.54, 1.807) is 30.5 Å². The quantitative estimate of drug-likeness (QED) is 0.450. The maximum absolute atomic E-state index is 13.4. The molecule has 0 aliphatic heterocycles. The van der Waals surface area contributed by atoms with Crippen LogP contribution in [0.5, 0.6) is 11.5 Å². The fraction of sp³-hybridized carbons (Fsp3) is 0.538. The number of ether oxygens (including phenoxy) is 2. The highest BCUT2D eigenvalue weighted by atomic mass is 32.1. The molecule has 0 unspecified atom stereocenters. The van der Waals surface area contributed by atoms with E-state index in [4.69, 9.17) is 9.47 Å². The third-order valence-corrected chi connectivity index (χ3v) is 7.18. The number of rotatable bonds is 12. The number of hydrogen-bond donors (Lipinski definition) is 0. The minimum absolute atomic E-state index is 0.00246. The molecular formula is C26H36N2O4S. The summed E-state index contributed by atoms with van der Waals surface area (Å²) in [5, 5.41) is 0. The van der Waals surface area contributed by atoms with Crippen molar-refractivity contribution in [3.8, 4) is 11.5 Å². The molecule has 1 fully saturated rings. The number of amides is 2. The van der Waals surface area contributed by atoms with Crippen LogP contribution in [-0.2, 0) is 22.6 Å². The molecule has 0 spiro atoms. The van der Waals surface area contributed by atoms with Crippen LogP contribution in [0.1, 0.15) is 47.9 Å². The molecule has 180 valence electrons. The summed E-state index contributed by atoms with van der Waals surface area (Å²) in [5.74, 6) is 1.62. The highest BCUT2D eigenvalue weighted by Crippen LogP contribution is 2.29. The zero-order valence-corrected chi connectivity index (χ0v) is 21.1. The summed E-state index contributed by atoms with van der Waals surface area (Å²) in [6.45, 7) is 6.03. The molecule has 3 rings (SSSR count). The van der Waals surface area contributed by atoms with Crippen molar-refractivity contribution in [2.24, 2.45) is 5.92 Å². The molecule has 1 aliphatic rings. The Morgan fingerprint density at radius 3 is 2.36 bits per heavy atom. The molecule has 2 aromatic rings. The molecule has 0 radical (unpaired) electrons. The second-order valence-electron chi connectivity index (χ2n) is 8.65. The van der Waals surface area contributed by atoms with Crippen molar-refractivity contribution in [3.63, 3.8) is 0 Å². The Labute approximate surface area is 201 Å². The van der Waals surface area contributed by atoms with E-state index in [0.29, 0.717) is 37.6 Å². The van der Waals surface area contributed by atoms with Gasteiger partial charge in [0.1, 0.15) is 0 Å². The van der Waals surface area contributed by atoms with Crippen molar-refractivity contribution in [1.82, 2.24) is 9.80 Å². The zero-order chi connectivity index (χ0) is 23.8. The number of carbonyl (C=O) groups is 2. The fourth-order valence-electron chi connectivity index (χ4n) is 4.06. The number of carbonyl (C=O) groups excluding carboxylic acids is 2. The summed E-state index contributed by atoms with van der Waals surface area (Å²) in [4.78, 5) is 32.3. The van der Waals surface area contributed by atoms with Gasteiger partial charge in [-0.25, -0.2) is 0 Å². The Morgan fingerprint density at radius 1 is 1.03 bits per heavy atom. The van der Waals surface area contributed by atoms with Crippen molar-refractivity contribution >= 4 is 23.2 Å². The lowest BCUT2D eigenvalue weighted by atomic mass is 9.84. The molecule has 33 heavy (non-hydrogen) atoms. The largest absolute Gasteiger partial charge is 0.493 e. The molecule has 7 heteroatoms. The molecule has 1 heterocycles. The predicted octanol–water partition coefficient (Wildman–Crippen LogP) is 4.68. The summed E-state index contributed by atoms with van der Waals surface area (Å²) in [7, 11) is 3.24. The summed E-state index contributed by atoms with van der Waals surface area (Å²) >= 11 is 1.71. The lowest BCUT2D eigenvalue weighted by molar-refractivity contribution is -0.145. The van der Waals surface area contributed by atoms with Crippen LogP contribution in [0.15, 0.2) is 30.3 Å². The van der Waals surface area contributed by atoms with Crippen LogP contribution in [0.2, 0.25) is 0 Å². The third-order valence-electron chi connectivity index (χ3n) is 6.20. The number of nitrogens with zero attached hydrogens (tertiary/aromatic N) is 2. The Hall–Kier alpha value is -2.54. The van der Waals surface area contributed by atoms with Gasteiger partial charge >= 0.3 is 0 Å². The molecular weight excluding hydrogens is 436 g/mol. The van der Waals surface area contributed by atoms with E-state index in [9.17, 15) is 9.59 Å². The molecule has 1 saturated carbocycles. The number of methoxy groups -OCH3 is 2. The summed E-state index contributed by atoms with van der Waals surface area (Å²) < 4.78 is 10.8. The summed E-state index contributed by atoms with van der Waals surface area (Å²) in [6.07, 6.45) is 4.55. The maximum Gasteiger partial charge on any atom is 0.242 e. The van der Waals surface area contributed by atoms with E-state index in [1.165, 1.54) is 4.88 Å². The van der Waals surface area contributed by atoms with E-state index >= 15 is 0 Å². The molecule has 0 bridgehead atoms. The van der Waals surface area contributed by atoms with Crippen molar-refractivity contribution in [1.29, 1.82) is 0 Å². The van der Waals surface area contributed by atoms with Gasteiger partial charge in [-0.15, -0.1) is 11.3 Å². The topological polar surface area (TPSA) is 59.1 Å². The van der Waals surface area contributed by atoms with E-state index < -0.39 is 0 Å². The van der Waals surface area contributed by atoms with E-state index in [2.05, 4.69) is 26.0 Å². The second kappa shape index (κ2) is 12.1. The second-order valence-corrected chi connectivity index (χ2v) is 10.0. The summed E-state index contributed by atoms with van der Waals surface area (Å²) in [6, 6.07) is 10.0. The maximum atomic E-state index is 13.4. The smallest absolute Gasteiger partial charge is 0.242 e. The van der Waals surface area contributed by atoms with E-state index in [1.807, 2.05) is 23.1 Å². The SMILES string of the molecule is CCCN(CC(=O)N(CCc1ccc(OC)c(OC)c1)Cc1ccc(C)s1)C(=O)C1CCC1. The number of aryl methyl sites for hydroxylation is 1. The summed E-state index contributed by atoms with van der Waals surface area (Å²) in [5.41, 5.74) is 1.07. The van der Waals surface area contributed by atoms with Crippen molar-refractivity contribution < 1.29 is 19.1 Å². The van der Waals surface area contributed by atoms with Crippen LogP contribution < -0.4 is 9.47 Å². The normalized spacial score (nSPS) is 13.3. The van der Waals surface area contributed by atoms with E-state index in [-0.39, 0.29) is 24.3 Å². The van der Waals surface area contributed by atoms with Crippen LogP contribution >= 0.6 is 11.3 Å². The van der Waals surface area contributed by atoms with Crippen LogP contribution in [0, 0.1) is 12.8 Å². The van der Waals surface area contributed by atoms with Gasteiger partial charge < -0.3 is 19.3 Å². The van der Waals surface area contributed by atoms with Gasteiger partial charge in [0.25, 0.3) is 0 Å². The van der Waals surface area contributed by atoms with Gasteiger partial charge in [-0.2, -0.15) is 0 Å². The van der Waals surface area contributed by atoms with Gasteiger partial charge in [-0.05, 0) is 62.4 Å². The predicted molar refractivity (Wildman–Crippen MR) is 132 cm³/mol. The van der Waals surface area contributed by atoms with Gasteiger partial charge in [-0.3, -0.25) is 9.59 Å². The van der Waals surface area contributed by atoms with Crippen LogP contribution in [0.25, 0.3) is 0 Å². The van der Waals surface area contributed by atoms with Crippen molar-refractivity contribution in [2.45, 2.75) is 52.5 Å². The number of benzene rings is 1. The first kappa shape index (κ1) is 25.1. The monoisotopic (exact) mass is 472 g/mol. The molecule has 0 saturated heterocycles. The average Bonchev–Trinajstić information content (AvgIpc) is 3.19. The Balaban J connectivity index is 1.72. The Bertz CT molecular complexity index is 938. The van der Waals surface area contributed by atoms with Crippen LogP contribution in [-0.4, -0.2) is 55.5 Å². The van der Waals surface area contributed by atoms with Crippen molar-refractivity contribution in [2.75, 3.05) is 33.9 Å². The highest BCUT2D eigenvalue weighted by Gasteiger charge is 2.31. The van der Waals surface area contributed by atoms with Crippen LogP contribution in [0.4, 0.5) is 0 Å². The minimum Gasteiger partial charge on any atom is -0.493 e. The van der Waals surface area contributed by atoms with Crippen LogP contribution in [0.3, 0.4) is 0 Å². The first-order chi connectivity index (χ1) is 15.9. The molecule has 0 atom stereocenters. The average molecular weight is 473 g/mol. The van der Waals surface area contributed by atoms with Gasteiger partial charge in [0.2, 0.25) is 11.8 Å². The zero-order valence-electron chi connectivity index (χ0n) is 20.3. The van der Waals surface area contributed by atoms with Gasteiger partial charge in [-0.1, -0.05) is 19.4 Å². The number of hydrogen-bond acceptors (Lipinski definition) is 5. The third kappa shape index (κ3) is 6.73. The molecule has 0 N–H and O–H groups in total. The first-order valence-electron chi connectivity index (χ1n) is 11.8. The lowest BCUT2D eigenvalue weighted by Crippen LogP contribution is -2.46.